The minimum atomic E-state index is -0.793. The third kappa shape index (κ3) is 3.59. The zero-order valence-corrected chi connectivity index (χ0v) is 15.4. The molecule has 0 atom stereocenters. The molecule has 2 fully saturated rings. The van der Waals surface area contributed by atoms with Crippen LogP contribution in [0.3, 0.4) is 0 Å². The first-order chi connectivity index (χ1) is 12.3. The number of piperidine rings is 1. The third-order valence-electron chi connectivity index (χ3n) is 5.65. The molecular formula is C20H26N2O4. The van der Waals surface area contributed by atoms with Crippen molar-refractivity contribution in [2.24, 2.45) is 5.92 Å². The Labute approximate surface area is 153 Å². The first kappa shape index (κ1) is 18.4. The zero-order chi connectivity index (χ0) is 18.9. The number of nitrogens with zero attached hydrogens (tertiary/aromatic N) is 2. The van der Waals surface area contributed by atoms with Gasteiger partial charge in [0.05, 0.1) is 17.9 Å². The van der Waals surface area contributed by atoms with Crippen LogP contribution in [0.1, 0.15) is 36.8 Å². The Balaban J connectivity index is 1.59. The highest BCUT2D eigenvalue weighted by molar-refractivity contribution is 5.94. The number of carbonyl (C=O) groups is 3. The fraction of sp³-hybridized carbons (Fsp3) is 0.550. The van der Waals surface area contributed by atoms with E-state index in [9.17, 15) is 14.4 Å². The van der Waals surface area contributed by atoms with Gasteiger partial charge in [-0.05, 0) is 38.2 Å². The Morgan fingerprint density at radius 1 is 1.23 bits per heavy atom. The molecule has 2 amide bonds. The molecule has 0 spiro atoms. The summed E-state index contributed by atoms with van der Waals surface area (Å²) in [4.78, 5) is 39.7. The molecule has 1 aromatic rings. The second kappa shape index (κ2) is 7.09. The normalized spacial score (nSPS) is 19.1. The number of amides is 2. The predicted molar refractivity (Wildman–Crippen MR) is 96.7 cm³/mol. The molecule has 1 aromatic carbocycles. The third-order valence-corrected chi connectivity index (χ3v) is 5.65. The summed E-state index contributed by atoms with van der Waals surface area (Å²) in [5, 5.41) is 9.05. The molecule has 26 heavy (non-hydrogen) atoms. The summed E-state index contributed by atoms with van der Waals surface area (Å²) in [6.45, 7) is 2.95. The van der Waals surface area contributed by atoms with Gasteiger partial charge in [0.2, 0.25) is 11.8 Å². The molecule has 0 unspecified atom stereocenters. The minimum Gasteiger partial charge on any atom is -0.481 e. The van der Waals surface area contributed by atoms with Crippen LogP contribution < -0.4 is 0 Å². The maximum absolute atomic E-state index is 13.0. The Morgan fingerprint density at radius 3 is 2.42 bits per heavy atom. The summed E-state index contributed by atoms with van der Waals surface area (Å²) in [5.74, 6) is -1.27. The van der Waals surface area contributed by atoms with E-state index in [-0.39, 0.29) is 24.3 Å². The molecule has 3 rings (SSSR count). The Hall–Kier alpha value is -2.37. The van der Waals surface area contributed by atoms with Crippen LogP contribution in [-0.2, 0) is 19.8 Å². The van der Waals surface area contributed by atoms with Gasteiger partial charge in [-0.25, -0.2) is 0 Å². The lowest BCUT2D eigenvalue weighted by molar-refractivity contribution is -0.146. The van der Waals surface area contributed by atoms with E-state index in [4.69, 9.17) is 5.11 Å². The standard InChI is InChI=1S/C20H26N2O4/c1-14-4-3-5-16(12-14)20(8-9-20)19(26)21(2)13-17(23)22-10-6-15(7-11-22)18(24)25/h3-5,12,15H,6-11,13H2,1-2H3,(H,24,25). The molecule has 1 aliphatic carbocycles. The zero-order valence-electron chi connectivity index (χ0n) is 15.4. The van der Waals surface area contributed by atoms with Crippen molar-refractivity contribution in [2.75, 3.05) is 26.7 Å². The van der Waals surface area contributed by atoms with E-state index < -0.39 is 11.4 Å². The summed E-state index contributed by atoms with van der Waals surface area (Å²) in [5.41, 5.74) is 1.68. The van der Waals surface area contributed by atoms with Crippen molar-refractivity contribution in [3.63, 3.8) is 0 Å². The molecule has 1 saturated carbocycles. The maximum Gasteiger partial charge on any atom is 0.306 e. The second-order valence-corrected chi connectivity index (χ2v) is 7.61. The van der Waals surface area contributed by atoms with Crippen LogP contribution in [0, 0.1) is 12.8 Å². The lowest BCUT2D eigenvalue weighted by atomic mass is 9.93. The first-order valence-electron chi connectivity index (χ1n) is 9.17. The van der Waals surface area contributed by atoms with E-state index in [1.54, 1.807) is 11.9 Å². The molecular weight excluding hydrogens is 332 g/mol. The first-order valence-corrected chi connectivity index (χ1v) is 9.17. The SMILES string of the molecule is Cc1cccc(C2(C(=O)N(C)CC(=O)N3CCC(C(=O)O)CC3)CC2)c1. The number of benzene rings is 1. The molecule has 0 radical (unpaired) electrons. The van der Waals surface area contributed by atoms with Gasteiger partial charge in [-0.15, -0.1) is 0 Å². The summed E-state index contributed by atoms with van der Waals surface area (Å²) in [7, 11) is 1.68. The molecule has 6 nitrogen and oxygen atoms in total. The van der Waals surface area contributed by atoms with Crippen LogP contribution in [0.25, 0.3) is 0 Å². The highest BCUT2D eigenvalue weighted by atomic mass is 16.4. The van der Waals surface area contributed by atoms with Crippen LogP contribution in [0.5, 0.6) is 0 Å². The van der Waals surface area contributed by atoms with Gasteiger partial charge in [0.1, 0.15) is 0 Å². The summed E-state index contributed by atoms with van der Waals surface area (Å²) < 4.78 is 0. The molecule has 140 valence electrons. The largest absolute Gasteiger partial charge is 0.481 e. The Kier molecular flexibility index (Phi) is 5.03. The number of aliphatic carboxylic acids is 1. The van der Waals surface area contributed by atoms with Gasteiger partial charge in [0.15, 0.2) is 0 Å². The second-order valence-electron chi connectivity index (χ2n) is 7.61. The van der Waals surface area contributed by atoms with E-state index in [0.717, 1.165) is 24.0 Å². The summed E-state index contributed by atoms with van der Waals surface area (Å²) in [6, 6.07) is 8.02. The Morgan fingerprint density at radius 2 is 1.88 bits per heavy atom. The van der Waals surface area contributed by atoms with Gasteiger partial charge in [0.25, 0.3) is 0 Å². The summed E-state index contributed by atoms with van der Waals surface area (Å²) >= 11 is 0. The molecule has 0 bridgehead atoms. The van der Waals surface area contributed by atoms with Gasteiger partial charge >= 0.3 is 5.97 Å². The molecule has 0 aromatic heterocycles. The van der Waals surface area contributed by atoms with E-state index >= 15 is 0 Å². The van der Waals surface area contributed by atoms with Crippen LogP contribution in [-0.4, -0.2) is 59.4 Å². The van der Waals surface area contributed by atoms with E-state index in [1.165, 1.54) is 4.90 Å². The number of likely N-dealkylation sites (N-methyl/N-ethyl adjacent to an activating group) is 1. The predicted octanol–water partition coefficient (Wildman–Crippen LogP) is 1.81. The van der Waals surface area contributed by atoms with Gasteiger partial charge in [-0.3, -0.25) is 14.4 Å². The van der Waals surface area contributed by atoms with E-state index in [1.807, 2.05) is 25.1 Å². The molecule has 2 aliphatic rings. The molecule has 1 aliphatic heterocycles. The molecule has 1 saturated heterocycles. The van der Waals surface area contributed by atoms with Crippen molar-refractivity contribution in [3.05, 3.63) is 35.4 Å². The molecule has 1 heterocycles. The van der Waals surface area contributed by atoms with Crippen molar-refractivity contribution in [2.45, 2.75) is 38.0 Å². The smallest absolute Gasteiger partial charge is 0.306 e. The number of carboxylic acids is 1. The van der Waals surface area contributed by atoms with Crippen molar-refractivity contribution in [1.29, 1.82) is 0 Å². The highest BCUT2D eigenvalue weighted by Crippen LogP contribution is 2.49. The number of carbonyl (C=O) groups excluding carboxylic acids is 2. The number of hydrogen-bond acceptors (Lipinski definition) is 3. The lowest BCUT2D eigenvalue weighted by Gasteiger charge is -2.32. The quantitative estimate of drug-likeness (QED) is 0.871. The topological polar surface area (TPSA) is 77.9 Å². The fourth-order valence-electron chi connectivity index (χ4n) is 3.81. The lowest BCUT2D eigenvalue weighted by Crippen LogP contribution is -2.47. The van der Waals surface area contributed by atoms with E-state index in [2.05, 4.69) is 6.07 Å². The van der Waals surface area contributed by atoms with Gasteiger partial charge in [0, 0.05) is 20.1 Å². The van der Waals surface area contributed by atoms with Crippen molar-refractivity contribution in [3.8, 4) is 0 Å². The average molecular weight is 358 g/mol. The number of carboxylic acid groups (broad SMARTS) is 1. The van der Waals surface area contributed by atoms with Crippen LogP contribution in [0.2, 0.25) is 0 Å². The van der Waals surface area contributed by atoms with Crippen LogP contribution >= 0.6 is 0 Å². The van der Waals surface area contributed by atoms with Crippen LogP contribution in [0.4, 0.5) is 0 Å². The average Bonchev–Trinajstić information content (AvgIpc) is 3.43. The van der Waals surface area contributed by atoms with Crippen molar-refractivity contribution in [1.82, 2.24) is 9.80 Å². The van der Waals surface area contributed by atoms with Gasteiger partial charge in [-0.1, -0.05) is 29.8 Å². The number of rotatable bonds is 5. The Bertz CT molecular complexity index is 718. The maximum atomic E-state index is 13.0. The minimum absolute atomic E-state index is 0.00290. The highest BCUT2D eigenvalue weighted by Gasteiger charge is 2.52. The van der Waals surface area contributed by atoms with E-state index in [0.29, 0.717) is 25.9 Å². The van der Waals surface area contributed by atoms with Crippen LogP contribution in [0.15, 0.2) is 24.3 Å². The molecule has 6 heteroatoms. The fourth-order valence-corrected chi connectivity index (χ4v) is 3.81. The molecule has 1 N–H and O–H groups in total. The number of aryl methyl sites for hydroxylation is 1. The van der Waals surface area contributed by atoms with Gasteiger partial charge < -0.3 is 14.9 Å². The summed E-state index contributed by atoms with van der Waals surface area (Å²) in [6.07, 6.45) is 2.59. The van der Waals surface area contributed by atoms with Crippen molar-refractivity contribution < 1.29 is 19.5 Å². The van der Waals surface area contributed by atoms with Gasteiger partial charge in [-0.2, -0.15) is 0 Å². The van der Waals surface area contributed by atoms with Crippen molar-refractivity contribution >= 4 is 17.8 Å². The monoisotopic (exact) mass is 358 g/mol. The number of hydrogen-bond donors (Lipinski definition) is 1. The number of likely N-dealkylation sites (tertiary alicyclic amines) is 1.